The van der Waals surface area contributed by atoms with Crippen molar-refractivity contribution in [3.63, 3.8) is 0 Å². The molecule has 0 aliphatic heterocycles. The largest absolute Gasteiger partial charge is 0.383 e. The summed E-state index contributed by atoms with van der Waals surface area (Å²) >= 11 is 6.04. The van der Waals surface area contributed by atoms with E-state index in [1.54, 1.807) is 7.11 Å². The van der Waals surface area contributed by atoms with Crippen LogP contribution in [-0.4, -0.2) is 45.3 Å². The van der Waals surface area contributed by atoms with Crippen molar-refractivity contribution in [2.45, 2.75) is 19.0 Å². The van der Waals surface area contributed by atoms with Crippen LogP contribution in [0.25, 0.3) is 0 Å². The lowest BCUT2D eigenvalue weighted by Gasteiger charge is -2.33. The lowest BCUT2D eigenvalue weighted by atomic mass is 10.1. The average Bonchev–Trinajstić information content (AvgIpc) is 2.37. The Morgan fingerprint density at radius 1 is 1.44 bits per heavy atom. The molecule has 2 unspecified atom stereocenters. The van der Waals surface area contributed by atoms with E-state index in [9.17, 15) is 0 Å². The predicted molar refractivity (Wildman–Crippen MR) is 77.2 cm³/mol. The van der Waals surface area contributed by atoms with Crippen LogP contribution < -0.4 is 5.32 Å². The van der Waals surface area contributed by atoms with Crippen molar-refractivity contribution < 1.29 is 4.74 Å². The van der Waals surface area contributed by atoms with E-state index in [1.807, 2.05) is 25.2 Å². The number of benzene rings is 1. The zero-order valence-electron chi connectivity index (χ0n) is 11.6. The van der Waals surface area contributed by atoms with Gasteiger partial charge < -0.3 is 10.1 Å². The summed E-state index contributed by atoms with van der Waals surface area (Å²) in [6, 6.07) is 8.66. The number of hydrogen-bond donors (Lipinski definition) is 1. The van der Waals surface area contributed by atoms with Gasteiger partial charge in [0.15, 0.2) is 0 Å². The molecule has 18 heavy (non-hydrogen) atoms. The van der Waals surface area contributed by atoms with Gasteiger partial charge in [0.25, 0.3) is 0 Å². The number of rotatable bonds is 7. The molecule has 0 radical (unpaired) electrons. The van der Waals surface area contributed by atoms with Crippen LogP contribution in [0.4, 0.5) is 0 Å². The number of nitrogens with zero attached hydrogens (tertiary/aromatic N) is 1. The SMILES string of the molecule is CNCC(COC)N(C)C(C)c1cccc(Cl)c1. The van der Waals surface area contributed by atoms with Crippen molar-refractivity contribution in [3.05, 3.63) is 34.9 Å². The number of ether oxygens (including phenoxy) is 1. The van der Waals surface area contributed by atoms with Gasteiger partial charge in [-0.15, -0.1) is 0 Å². The monoisotopic (exact) mass is 270 g/mol. The minimum atomic E-state index is 0.303. The molecule has 1 aromatic rings. The van der Waals surface area contributed by atoms with E-state index in [0.29, 0.717) is 18.7 Å². The van der Waals surface area contributed by atoms with Crippen molar-refractivity contribution in [2.75, 3.05) is 34.4 Å². The first-order valence-corrected chi connectivity index (χ1v) is 6.58. The fourth-order valence-corrected chi connectivity index (χ4v) is 2.27. The molecule has 1 rings (SSSR count). The molecule has 0 fully saturated rings. The smallest absolute Gasteiger partial charge is 0.0630 e. The molecule has 0 bridgehead atoms. The molecule has 0 aliphatic rings. The fourth-order valence-electron chi connectivity index (χ4n) is 2.07. The Balaban J connectivity index is 2.77. The van der Waals surface area contributed by atoms with Gasteiger partial charge in [0.1, 0.15) is 0 Å². The molecular formula is C14H23ClN2O. The molecular weight excluding hydrogens is 248 g/mol. The quantitative estimate of drug-likeness (QED) is 0.824. The molecule has 0 saturated carbocycles. The maximum Gasteiger partial charge on any atom is 0.0630 e. The Morgan fingerprint density at radius 3 is 2.72 bits per heavy atom. The Labute approximate surface area is 115 Å². The van der Waals surface area contributed by atoms with E-state index in [0.717, 1.165) is 11.6 Å². The van der Waals surface area contributed by atoms with E-state index in [1.165, 1.54) is 5.56 Å². The van der Waals surface area contributed by atoms with E-state index < -0.39 is 0 Å². The van der Waals surface area contributed by atoms with Gasteiger partial charge >= 0.3 is 0 Å². The van der Waals surface area contributed by atoms with Gasteiger partial charge in [0.2, 0.25) is 0 Å². The summed E-state index contributed by atoms with van der Waals surface area (Å²) < 4.78 is 5.28. The number of likely N-dealkylation sites (N-methyl/N-ethyl adjacent to an activating group) is 2. The number of methoxy groups -OCH3 is 1. The van der Waals surface area contributed by atoms with E-state index in [2.05, 4.69) is 30.3 Å². The second-order valence-electron chi connectivity index (χ2n) is 4.56. The Bertz CT molecular complexity index is 353. The maximum atomic E-state index is 6.04. The third-order valence-corrected chi connectivity index (χ3v) is 3.55. The fraction of sp³-hybridized carbons (Fsp3) is 0.571. The highest BCUT2D eigenvalue weighted by Crippen LogP contribution is 2.23. The number of halogens is 1. The maximum absolute atomic E-state index is 6.04. The number of hydrogen-bond acceptors (Lipinski definition) is 3. The van der Waals surface area contributed by atoms with Crippen LogP contribution >= 0.6 is 11.6 Å². The molecule has 0 aromatic heterocycles. The van der Waals surface area contributed by atoms with Crippen molar-refractivity contribution in [2.24, 2.45) is 0 Å². The molecule has 0 aliphatic carbocycles. The summed E-state index contributed by atoms with van der Waals surface area (Å²) in [5, 5.41) is 3.99. The van der Waals surface area contributed by atoms with Crippen molar-refractivity contribution in [1.82, 2.24) is 10.2 Å². The summed E-state index contributed by atoms with van der Waals surface area (Å²) in [4.78, 5) is 2.31. The first-order valence-electron chi connectivity index (χ1n) is 6.21. The molecule has 4 heteroatoms. The Morgan fingerprint density at radius 2 is 2.17 bits per heavy atom. The molecule has 2 atom stereocenters. The summed E-state index contributed by atoms with van der Waals surface area (Å²) in [5.41, 5.74) is 1.22. The Hall–Kier alpha value is -0.610. The molecule has 0 saturated heterocycles. The van der Waals surface area contributed by atoms with Gasteiger partial charge in [-0.25, -0.2) is 0 Å². The summed E-state index contributed by atoms with van der Waals surface area (Å²) in [6.07, 6.45) is 0. The minimum Gasteiger partial charge on any atom is -0.383 e. The number of nitrogens with one attached hydrogen (secondary N) is 1. The third kappa shape index (κ3) is 4.25. The molecule has 0 amide bonds. The van der Waals surface area contributed by atoms with Gasteiger partial charge in [-0.05, 0) is 38.7 Å². The zero-order chi connectivity index (χ0) is 13.5. The Kier molecular flexibility index (Phi) is 6.65. The van der Waals surface area contributed by atoms with E-state index in [4.69, 9.17) is 16.3 Å². The van der Waals surface area contributed by atoms with Crippen LogP contribution in [0.15, 0.2) is 24.3 Å². The highest BCUT2D eigenvalue weighted by Gasteiger charge is 2.20. The van der Waals surface area contributed by atoms with E-state index in [-0.39, 0.29) is 0 Å². The van der Waals surface area contributed by atoms with Crippen molar-refractivity contribution >= 4 is 11.6 Å². The molecule has 1 N–H and O–H groups in total. The van der Waals surface area contributed by atoms with Gasteiger partial charge in [0, 0.05) is 30.8 Å². The van der Waals surface area contributed by atoms with E-state index >= 15 is 0 Å². The molecule has 0 spiro atoms. The first-order chi connectivity index (χ1) is 8.60. The van der Waals surface area contributed by atoms with Crippen LogP contribution in [0, 0.1) is 0 Å². The van der Waals surface area contributed by atoms with Crippen LogP contribution in [0.3, 0.4) is 0 Å². The summed E-state index contributed by atoms with van der Waals surface area (Å²) in [5.74, 6) is 0. The second-order valence-corrected chi connectivity index (χ2v) is 5.00. The lowest BCUT2D eigenvalue weighted by Crippen LogP contribution is -2.43. The normalized spacial score (nSPS) is 14.8. The standard InChI is InChI=1S/C14H23ClN2O/c1-11(12-6-5-7-13(15)8-12)17(3)14(9-16-2)10-18-4/h5-8,11,14,16H,9-10H2,1-4H3. The third-order valence-electron chi connectivity index (χ3n) is 3.32. The van der Waals surface area contributed by atoms with Crippen molar-refractivity contribution in [1.29, 1.82) is 0 Å². The van der Waals surface area contributed by atoms with Gasteiger partial charge in [-0.1, -0.05) is 23.7 Å². The summed E-state index contributed by atoms with van der Waals surface area (Å²) in [6.45, 7) is 3.79. The summed E-state index contributed by atoms with van der Waals surface area (Å²) in [7, 11) is 5.81. The van der Waals surface area contributed by atoms with Gasteiger partial charge in [-0.3, -0.25) is 4.90 Å². The molecule has 0 heterocycles. The highest BCUT2D eigenvalue weighted by atomic mass is 35.5. The van der Waals surface area contributed by atoms with Crippen LogP contribution in [0.1, 0.15) is 18.5 Å². The van der Waals surface area contributed by atoms with Crippen LogP contribution in [0.2, 0.25) is 5.02 Å². The molecule has 1 aromatic carbocycles. The molecule has 3 nitrogen and oxygen atoms in total. The predicted octanol–water partition coefficient (Wildman–Crippen LogP) is 2.57. The van der Waals surface area contributed by atoms with Gasteiger partial charge in [0.05, 0.1) is 6.61 Å². The van der Waals surface area contributed by atoms with Gasteiger partial charge in [-0.2, -0.15) is 0 Å². The van der Waals surface area contributed by atoms with Crippen molar-refractivity contribution in [3.8, 4) is 0 Å². The topological polar surface area (TPSA) is 24.5 Å². The minimum absolute atomic E-state index is 0.303. The second kappa shape index (κ2) is 7.74. The highest BCUT2D eigenvalue weighted by molar-refractivity contribution is 6.30. The van der Waals surface area contributed by atoms with Crippen LogP contribution in [0.5, 0.6) is 0 Å². The average molecular weight is 271 g/mol. The van der Waals surface area contributed by atoms with Crippen LogP contribution in [-0.2, 0) is 4.74 Å². The first kappa shape index (κ1) is 15.4. The zero-order valence-corrected chi connectivity index (χ0v) is 12.4. The molecule has 102 valence electrons. The lowest BCUT2D eigenvalue weighted by molar-refractivity contribution is 0.0847.